The van der Waals surface area contributed by atoms with Gasteiger partial charge in [-0.25, -0.2) is 18.7 Å². The van der Waals surface area contributed by atoms with Crippen molar-refractivity contribution in [2.45, 2.75) is 19.5 Å². The Balaban J connectivity index is 1.18. The van der Waals surface area contributed by atoms with E-state index in [0.717, 1.165) is 60.1 Å². The molecule has 3 aromatic heterocycles. The number of nitrogens with one attached hydrogen (secondary N) is 1. The molecular formula is C28H31F2N7O3. The van der Waals surface area contributed by atoms with Crippen molar-refractivity contribution >= 4 is 28.4 Å². The summed E-state index contributed by atoms with van der Waals surface area (Å²) in [6, 6.07) is 10.9. The minimum Gasteiger partial charge on any atom is -0.476 e. The van der Waals surface area contributed by atoms with Crippen LogP contribution in [0.2, 0.25) is 0 Å². The Hall–Kier alpha value is -3.87. The molecule has 0 radical (unpaired) electrons. The van der Waals surface area contributed by atoms with Gasteiger partial charge in [0.15, 0.2) is 12.6 Å². The van der Waals surface area contributed by atoms with Crippen LogP contribution < -0.4 is 15.0 Å². The Morgan fingerprint density at radius 2 is 1.85 bits per heavy atom. The number of hydrogen-bond donors (Lipinski definition) is 1. The standard InChI is InChI=1S/C28H31F2N7O3/c1-19-14-22(37-24(29)17-39-18-25(37)30)2-3-23(19)36-7-5-20-16-32-28(34-27(20)36)33-21-4-6-31-26(15-21)40-13-10-35-8-11-38-12-9-35/h2-7,14-16,24-25H,8-13,17-18H2,1H3,(H,31,32,33,34). The molecular weight excluding hydrogens is 520 g/mol. The minimum atomic E-state index is -1.54. The van der Waals surface area contributed by atoms with Crippen LogP contribution in [0.1, 0.15) is 5.56 Å². The number of pyridine rings is 1. The van der Waals surface area contributed by atoms with Gasteiger partial charge in [0.05, 0.1) is 32.1 Å². The first-order valence-electron chi connectivity index (χ1n) is 13.3. The molecule has 6 rings (SSSR count). The maximum absolute atomic E-state index is 14.4. The highest BCUT2D eigenvalue weighted by molar-refractivity contribution is 5.79. The second-order valence-electron chi connectivity index (χ2n) is 9.75. The van der Waals surface area contributed by atoms with Gasteiger partial charge in [-0.15, -0.1) is 0 Å². The van der Waals surface area contributed by atoms with Crippen LogP contribution in [0.25, 0.3) is 16.7 Å². The van der Waals surface area contributed by atoms with Gasteiger partial charge in [0.1, 0.15) is 12.3 Å². The van der Waals surface area contributed by atoms with E-state index in [9.17, 15) is 8.78 Å². The van der Waals surface area contributed by atoms with Crippen LogP contribution in [0.4, 0.5) is 26.1 Å². The molecule has 1 aromatic carbocycles. The summed E-state index contributed by atoms with van der Waals surface area (Å²) in [5.41, 5.74) is 3.62. The van der Waals surface area contributed by atoms with Gasteiger partial charge in [0, 0.05) is 61.1 Å². The van der Waals surface area contributed by atoms with E-state index in [-0.39, 0.29) is 13.2 Å². The molecule has 2 aliphatic rings. The van der Waals surface area contributed by atoms with E-state index in [1.807, 2.05) is 42.0 Å². The summed E-state index contributed by atoms with van der Waals surface area (Å²) in [6.07, 6.45) is 2.26. The summed E-state index contributed by atoms with van der Waals surface area (Å²) in [6.45, 7) is 6.27. The van der Waals surface area contributed by atoms with Gasteiger partial charge in [-0.1, -0.05) is 0 Å². The monoisotopic (exact) mass is 551 g/mol. The number of ether oxygens (including phenoxy) is 3. The van der Waals surface area contributed by atoms with Crippen molar-refractivity contribution in [1.29, 1.82) is 0 Å². The topological polar surface area (TPSA) is 89.8 Å². The molecule has 210 valence electrons. The number of fused-ring (bicyclic) bond motifs is 1. The lowest BCUT2D eigenvalue weighted by molar-refractivity contribution is -0.00983. The molecule has 2 atom stereocenters. The molecule has 0 aliphatic carbocycles. The largest absolute Gasteiger partial charge is 0.476 e. The number of aromatic nitrogens is 4. The highest BCUT2D eigenvalue weighted by Crippen LogP contribution is 2.30. The van der Waals surface area contributed by atoms with Crippen molar-refractivity contribution in [2.24, 2.45) is 0 Å². The lowest BCUT2D eigenvalue weighted by atomic mass is 10.1. The Labute approximate surface area is 230 Å². The number of hydrogen-bond acceptors (Lipinski definition) is 9. The highest BCUT2D eigenvalue weighted by Gasteiger charge is 2.31. The fourth-order valence-corrected chi connectivity index (χ4v) is 4.96. The SMILES string of the molecule is Cc1cc(N2C(F)COCC2F)ccc1-n1ccc2cnc(Nc3ccnc(OCCN4CCOCC4)c3)nc21. The van der Waals surface area contributed by atoms with E-state index in [1.54, 1.807) is 24.5 Å². The molecule has 0 saturated carbocycles. The van der Waals surface area contributed by atoms with Crippen LogP contribution in [-0.2, 0) is 9.47 Å². The normalized spacial score (nSPS) is 20.1. The van der Waals surface area contributed by atoms with Crippen LogP contribution in [0.3, 0.4) is 0 Å². The molecule has 1 N–H and O–H groups in total. The van der Waals surface area contributed by atoms with Gasteiger partial charge in [-0.3, -0.25) is 4.90 Å². The van der Waals surface area contributed by atoms with E-state index in [2.05, 4.69) is 20.2 Å². The van der Waals surface area contributed by atoms with Crippen LogP contribution >= 0.6 is 0 Å². The summed E-state index contributed by atoms with van der Waals surface area (Å²) in [4.78, 5) is 16.9. The molecule has 5 heterocycles. The van der Waals surface area contributed by atoms with Crippen molar-refractivity contribution in [2.75, 3.05) is 62.9 Å². The quantitative estimate of drug-likeness (QED) is 0.326. The third-order valence-corrected chi connectivity index (χ3v) is 7.03. The van der Waals surface area contributed by atoms with Gasteiger partial charge in [0.2, 0.25) is 11.8 Å². The first kappa shape index (κ1) is 26.4. The molecule has 10 nitrogen and oxygen atoms in total. The van der Waals surface area contributed by atoms with Crippen LogP contribution in [0.15, 0.2) is 55.0 Å². The predicted octanol–water partition coefficient (Wildman–Crippen LogP) is 4.01. The van der Waals surface area contributed by atoms with Crippen LogP contribution in [0.5, 0.6) is 5.88 Å². The highest BCUT2D eigenvalue weighted by atomic mass is 19.2. The van der Waals surface area contributed by atoms with Gasteiger partial charge in [-0.2, -0.15) is 4.98 Å². The van der Waals surface area contributed by atoms with E-state index in [4.69, 9.17) is 19.2 Å². The van der Waals surface area contributed by atoms with Crippen molar-refractivity contribution in [3.63, 3.8) is 0 Å². The zero-order valence-electron chi connectivity index (χ0n) is 22.2. The lowest BCUT2D eigenvalue weighted by Crippen LogP contribution is -2.48. The minimum absolute atomic E-state index is 0.157. The maximum atomic E-state index is 14.4. The number of morpholine rings is 2. The van der Waals surface area contributed by atoms with E-state index in [1.165, 1.54) is 0 Å². The average Bonchev–Trinajstić information content (AvgIpc) is 3.37. The summed E-state index contributed by atoms with van der Waals surface area (Å²) < 4.78 is 47.0. The average molecular weight is 552 g/mol. The van der Waals surface area contributed by atoms with Crippen molar-refractivity contribution in [3.05, 3.63) is 60.6 Å². The number of anilines is 3. The van der Waals surface area contributed by atoms with Gasteiger partial charge >= 0.3 is 0 Å². The van der Waals surface area contributed by atoms with Gasteiger partial charge in [0.25, 0.3) is 0 Å². The third kappa shape index (κ3) is 5.69. The molecule has 0 spiro atoms. The van der Waals surface area contributed by atoms with Crippen molar-refractivity contribution in [3.8, 4) is 11.6 Å². The van der Waals surface area contributed by atoms with Crippen molar-refractivity contribution < 1.29 is 23.0 Å². The number of halogens is 2. The molecule has 12 heteroatoms. The molecule has 4 aromatic rings. The molecule has 2 unspecified atom stereocenters. The Kier molecular flexibility index (Phi) is 7.71. The van der Waals surface area contributed by atoms with E-state index >= 15 is 0 Å². The second kappa shape index (κ2) is 11.7. The summed E-state index contributed by atoms with van der Waals surface area (Å²) in [5.74, 6) is 0.936. The first-order chi connectivity index (χ1) is 19.5. The Morgan fingerprint density at radius 3 is 2.65 bits per heavy atom. The molecule has 2 fully saturated rings. The number of alkyl halides is 2. The fourth-order valence-electron chi connectivity index (χ4n) is 4.96. The summed E-state index contributed by atoms with van der Waals surface area (Å²) in [7, 11) is 0. The molecule has 0 bridgehead atoms. The smallest absolute Gasteiger partial charge is 0.229 e. The van der Waals surface area contributed by atoms with Crippen molar-refractivity contribution in [1.82, 2.24) is 24.4 Å². The predicted molar refractivity (Wildman–Crippen MR) is 147 cm³/mol. The molecule has 2 aliphatic heterocycles. The van der Waals surface area contributed by atoms with E-state index in [0.29, 0.717) is 29.8 Å². The zero-order chi connectivity index (χ0) is 27.5. The third-order valence-electron chi connectivity index (χ3n) is 7.03. The number of rotatable bonds is 8. The number of aryl methyl sites for hydroxylation is 1. The van der Waals surface area contributed by atoms with Crippen LogP contribution in [0, 0.1) is 6.92 Å². The second-order valence-corrected chi connectivity index (χ2v) is 9.75. The number of benzene rings is 1. The van der Waals surface area contributed by atoms with E-state index < -0.39 is 12.6 Å². The first-order valence-corrected chi connectivity index (χ1v) is 13.3. The molecule has 2 saturated heterocycles. The lowest BCUT2D eigenvalue weighted by Gasteiger charge is -2.35. The Morgan fingerprint density at radius 1 is 1.02 bits per heavy atom. The maximum Gasteiger partial charge on any atom is 0.229 e. The summed E-state index contributed by atoms with van der Waals surface area (Å²) in [5, 5.41) is 4.09. The Bertz CT molecular complexity index is 1450. The summed E-state index contributed by atoms with van der Waals surface area (Å²) >= 11 is 0. The fraction of sp³-hybridized carbons (Fsp3) is 0.393. The van der Waals surface area contributed by atoms with Gasteiger partial charge in [-0.05, 0) is 42.8 Å². The molecule has 40 heavy (non-hydrogen) atoms. The number of nitrogens with zero attached hydrogens (tertiary/aromatic N) is 6. The van der Waals surface area contributed by atoms with Crippen LogP contribution in [-0.4, -0.2) is 89.7 Å². The molecule has 0 amide bonds. The zero-order valence-corrected chi connectivity index (χ0v) is 22.2. The van der Waals surface area contributed by atoms with Gasteiger partial charge < -0.3 is 29.0 Å².